The lowest BCUT2D eigenvalue weighted by atomic mass is 10.2. The van der Waals surface area contributed by atoms with Crippen molar-refractivity contribution in [1.29, 1.82) is 0 Å². The minimum Gasteiger partial charge on any atom is -0.465 e. The SMILES string of the molecule is Cc1ccc(S(=O)(=O)N[C@H](CC(=O)OCC(C)C)C[P+](C)(C)C)cc1. The largest absolute Gasteiger partial charge is 0.465 e. The quantitative estimate of drug-likeness (QED) is 0.521. The molecule has 0 bridgehead atoms. The van der Waals surface area contributed by atoms with Gasteiger partial charge in [0.1, 0.15) is 0 Å². The summed E-state index contributed by atoms with van der Waals surface area (Å²) < 4.78 is 33.2. The summed E-state index contributed by atoms with van der Waals surface area (Å²) in [6.45, 7) is 12.6. The second-order valence-corrected chi connectivity index (χ2v) is 14.5. The molecule has 0 spiro atoms. The van der Waals surface area contributed by atoms with Gasteiger partial charge in [0.25, 0.3) is 0 Å². The van der Waals surface area contributed by atoms with E-state index in [1.807, 2.05) is 20.8 Å². The number of esters is 1. The third-order valence-corrected chi connectivity index (χ3v) is 6.48. The van der Waals surface area contributed by atoms with E-state index in [1.165, 1.54) is 0 Å². The highest BCUT2D eigenvalue weighted by Crippen LogP contribution is 2.47. The van der Waals surface area contributed by atoms with Crippen LogP contribution in [0.5, 0.6) is 0 Å². The summed E-state index contributed by atoms with van der Waals surface area (Å²) >= 11 is 0. The molecule has 5 nitrogen and oxygen atoms in total. The Balaban J connectivity index is 2.88. The van der Waals surface area contributed by atoms with Crippen molar-refractivity contribution in [3.8, 4) is 0 Å². The maximum atomic E-state index is 12.6. The fraction of sp³-hybridized carbons (Fsp3) is 0.611. The molecule has 142 valence electrons. The molecule has 0 saturated heterocycles. The van der Waals surface area contributed by atoms with E-state index >= 15 is 0 Å². The maximum absolute atomic E-state index is 12.6. The minimum absolute atomic E-state index is 0.0507. The van der Waals surface area contributed by atoms with Gasteiger partial charge in [-0.3, -0.25) is 4.79 Å². The number of sulfonamides is 1. The number of hydrogen-bond donors (Lipinski definition) is 1. The number of carbonyl (C=O) groups excluding carboxylic acids is 1. The number of hydrogen-bond acceptors (Lipinski definition) is 4. The van der Waals surface area contributed by atoms with E-state index in [0.29, 0.717) is 12.8 Å². The lowest BCUT2D eigenvalue weighted by Gasteiger charge is -2.22. The lowest BCUT2D eigenvalue weighted by molar-refractivity contribution is -0.145. The first kappa shape index (κ1) is 22.1. The summed E-state index contributed by atoms with van der Waals surface area (Å²) in [6, 6.07) is 6.23. The number of nitrogens with one attached hydrogen (secondary N) is 1. The molecule has 0 aliphatic carbocycles. The molecule has 0 aromatic heterocycles. The van der Waals surface area contributed by atoms with Crippen LogP contribution in [0.1, 0.15) is 25.8 Å². The fourth-order valence-corrected chi connectivity index (χ4v) is 5.23. The number of aryl methyl sites for hydroxylation is 1. The summed E-state index contributed by atoms with van der Waals surface area (Å²) in [5, 5.41) is 0. The molecular weight excluding hydrogens is 357 g/mol. The van der Waals surface area contributed by atoms with E-state index in [0.717, 1.165) is 5.56 Å². The Morgan fingerprint density at radius 3 is 2.20 bits per heavy atom. The zero-order valence-corrected chi connectivity index (χ0v) is 17.8. The molecule has 1 N–H and O–H groups in total. The molecule has 1 rings (SSSR count). The molecular formula is C18H31NO4PS+. The monoisotopic (exact) mass is 388 g/mol. The van der Waals surface area contributed by atoms with Gasteiger partial charge in [0, 0.05) is 27.3 Å². The van der Waals surface area contributed by atoms with E-state index in [-0.39, 0.29) is 23.2 Å². The highest BCUT2D eigenvalue weighted by molar-refractivity contribution is 7.89. The highest BCUT2D eigenvalue weighted by atomic mass is 32.2. The van der Waals surface area contributed by atoms with Gasteiger partial charge in [0.05, 0.1) is 30.1 Å². The van der Waals surface area contributed by atoms with Crippen molar-refractivity contribution in [2.24, 2.45) is 5.92 Å². The predicted molar refractivity (Wildman–Crippen MR) is 105 cm³/mol. The normalized spacial score (nSPS) is 13.7. The molecule has 0 heterocycles. The van der Waals surface area contributed by atoms with Crippen molar-refractivity contribution in [2.75, 3.05) is 32.8 Å². The molecule has 7 heteroatoms. The van der Waals surface area contributed by atoms with Crippen molar-refractivity contribution in [3.05, 3.63) is 29.8 Å². The highest BCUT2D eigenvalue weighted by Gasteiger charge is 2.30. The van der Waals surface area contributed by atoms with Crippen molar-refractivity contribution in [1.82, 2.24) is 4.72 Å². The van der Waals surface area contributed by atoms with Crippen LogP contribution >= 0.6 is 7.26 Å². The van der Waals surface area contributed by atoms with Crippen LogP contribution in [-0.2, 0) is 19.6 Å². The first-order valence-corrected chi connectivity index (χ1v) is 13.2. The zero-order valence-electron chi connectivity index (χ0n) is 16.1. The van der Waals surface area contributed by atoms with Crippen molar-refractivity contribution >= 4 is 23.3 Å². The second-order valence-electron chi connectivity index (χ2n) is 7.89. The molecule has 1 aromatic rings. The van der Waals surface area contributed by atoms with E-state index in [4.69, 9.17) is 4.74 Å². The molecule has 25 heavy (non-hydrogen) atoms. The molecule has 0 unspecified atom stereocenters. The van der Waals surface area contributed by atoms with Gasteiger partial charge in [0.15, 0.2) is 0 Å². The Bertz CT molecular complexity index is 663. The summed E-state index contributed by atoms with van der Waals surface area (Å²) in [4.78, 5) is 12.3. The predicted octanol–water partition coefficient (Wildman–Crippen LogP) is 3.14. The van der Waals surface area contributed by atoms with Gasteiger partial charge >= 0.3 is 5.97 Å². The second kappa shape index (κ2) is 9.11. The van der Waals surface area contributed by atoms with Crippen molar-refractivity contribution in [2.45, 2.75) is 38.1 Å². The summed E-state index contributed by atoms with van der Waals surface area (Å²) in [5.41, 5.74) is 0.994. The van der Waals surface area contributed by atoms with Crippen LogP contribution in [-0.4, -0.2) is 53.2 Å². The molecule has 1 aromatic carbocycles. The van der Waals surface area contributed by atoms with Gasteiger partial charge in [0.2, 0.25) is 10.0 Å². The lowest BCUT2D eigenvalue weighted by Crippen LogP contribution is -2.39. The molecule has 0 fully saturated rings. The molecule has 0 aliphatic heterocycles. The summed E-state index contributed by atoms with van der Waals surface area (Å²) in [6.07, 6.45) is 0.698. The Morgan fingerprint density at radius 1 is 1.16 bits per heavy atom. The van der Waals surface area contributed by atoms with Gasteiger partial charge in [-0.05, 0) is 25.0 Å². The molecule has 0 radical (unpaired) electrons. The van der Waals surface area contributed by atoms with Crippen LogP contribution in [0.4, 0.5) is 0 Å². The van der Waals surface area contributed by atoms with Crippen LogP contribution in [0.25, 0.3) is 0 Å². The van der Waals surface area contributed by atoms with E-state index in [9.17, 15) is 13.2 Å². The molecule has 0 amide bonds. The molecule has 0 aliphatic rings. The molecule has 0 saturated carbocycles. The first-order valence-electron chi connectivity index (χ1n) is 8.44. The van der Waals surface area contributed by atoms with Gasteiger partial charge in [-0.1, -0.05) is 31.5 Å². The Kier molecular flexibility index (Phi) is 8.04. The third kappa shape index (κ3) is 8.80. The van der Waals surface area contributed by atoms with Crippen LogP contribution in [0, 0.1) is 12.8 Å². The minimum atomic E-state index is -3.67. The molecule has 1 atom stereocenters. The smallest absolute Gasteiger partial charge is 0.307 e. The average Bonchev–Trinajstić information content (AvgIpc) is 2.43. The van der Waals surface area contributed by atoms with Crippen LogP contribution in [0.15, 0.2) is 29.2 Å². The number of benzene rings is 1. The zero-order chi connectivity index (χ0) is 19.3. The first-order chi connectivity index (χ1) is 11.4. The standard InChI is InChI=1S/C18H31NO4PS/c1-14(2)12-23-18(20)11-16(13-24(4,5)6)19-25(21,22)17-9-7-15(3)8-10-17/h7-10,14,16,19H,11-13H2,1-6H3/q+1/t16-/m1/s1. The van der Waals surface area contributed by atoms with Crippen LogP contribution in [0.2, 0.25) is 0 Å². The van der Waals surface area contributed by atoms with Crippen molar-refractivity contribution in [3.63, 3.8) is 0 Å². The van der Waals surface area contributed by atoms with Gasteiger partial charge in [-0.25, -0.2) is 13.1 Å². The maximum Gasteiger partial charge on any atom is 0.307 e. The number of ether oxygens (including phenoxy) is 1. The topological polar surface area (TPSA) is 72.5 Å². The Hall–Kier alpha value is -0.970. The van der Waals surface area contributed by atoms with E-state index in [1.54, 1.807) is 24.3 Å². The van der Waals surface area contributed by atoms with E-state index in [2.05, 4.69) is 24.7 Å². The Morgan fingerprint density at radius 2 is 1.72 bits per heavy atom. The van der Waals surface area contributed by atoms with Gasteiger partial charge in [-0.2, -0.15) is 0 Å². The van der Waals surface area contributed by atoms with Crippen molar-refractivity contribution < 1.29 is 17.9 Å². The number of carbonyl (C=O) groups is 1. The fourth-order valence-electron chi connectivity index (χ4n) is 2.33. The summed E-state index contributed by atoms with van der Waals surface area (Å²) in [7, 11) is -4.95. The van der Waals surface area contributed by atoms with E-state index < -0.39 is 23.3 Å². The third-order valence-electron chi connectivity index (χ3n) is 3.41. The Labute approximate surface area is 152 Å². The van der Waals surface area contributed by atoms with Crippen LogP contribution in [0.3, 0.4) is 0 Å². The number of rotatable bonds is 9. The van der Waals surface area contributed by atoms with Gasteiger partial charge < -0.3 is 4.74 Å². The summed E-state index contributed by atoms with van der Waals surface area (Å²) in [5.74, 6) is -0.111. The average molecular weight is 388 g/mol. The van der Waals surface area contributed by atoms with Crippen LogP contribution < -0.4 is 4.72 Å². The van der Waals surface area contributed by atoms with Gasteiger partial charge in [-0.15, -0.1) is 0 Å².